The van der Waals surface area contributed by atoms with Gasteiger partial charge in [-0.1, -0.05) is 13.8 Å². The van der Waals surface area contributed by atoms with Crippen LogP contribution in [0.2, 0.25) is 0 Å². The molecule has 0 rings (SSSR count). The molecule has 0 aliphatic carbocycles. The zero-order valence-electron chi connectivity index (χ0n) is 10.0. The van der Waals surface area contributed by atoms with Crippen LogP contribution in [-0.2, 0) is 4.79 Å². The van der Waals surface area contributed by atoms with E-state index in [1.807, 2.05) is 11.8 Å². The number of amides is 1. The van der Waals surface area contributed by atoms with E-state index in [4.69, 9.17) is 5.11 Å². The molecule has 0 aromatic rings. The minimum Gasteiger partial charge on any atom is -0.396 e. The van der Waals surface area contributed by atoms with Gasteiger partial charge in [-0.2, -0.15) is 11.8 Å². The Morgan fingerprint density at radius 1 is 1.40 bits per heavy atom. The molecule has 0 saturated carbocycles. The normalized spacial score (nSPS) is 11.5. The van der Waals surface area contributed by atoms with Crippen LogP contribution in [0, 0.1) is 0 Å². The van der Waals surface area contributed by atoms with E-state index in [0.29, 0.717) is 12.8 Å². The SMILES string of the molecule is CCC(CC)(CNC(=O)CCCO)SC. The summed E-state index contributed by atoms with van der Waals surface area (Å²) in [5, 5.41) is 11.5. The first-order valence-electron chi connectivity index (χ1n) is 5.56. The summed E-state index contributed by atoms with van der Waals surface area (Å²) in [4.78, 5) is 11.4. The maximum Gasteiger partial charge on any atom is 0.220 e. The van der Waals surface area contributed by atoms with Crippen molar-refractivity contribution in [3.05, 3.63) is 0 Å². The second kappa shape index (κ2) is 7.99. The van der Waals surface area contributed by atoms with Gasteiger partial charge in [0.05, 0.1) is 0 Å². The average molecular weight is 233 g/mol. The Kier molecular flexibility index (Phi) is 7.88. The highest BCUT2D eigenvalue weighted by molar-refractivity contribution is 8.00. The van der Waals surface area contributed by atoms with Gasteiger partial charge in [0.2, 0.25) is 5.91 Å². The van der Waals surface area contributed by atoms with E-state index in [0.717, 1.165) is 19.4 Å². The van der Waals surface area contributed by atoms with E-state index in [-0.39, 0.29) is 17.3 Å². The van der Waals surface area contributed by atoms with E-state index in [1.165, 1.54) is 0 Å². The molecule has 0 spiro atoms. The third kappa shape index (κ3) is 5.42. The molecule has 0 fully saturated rings. The maximum absolute atomic E-state index is 11.4. The van der Waals surface area contributed by atoms with E-state index in [2.05, 4.69) is 25.4 Å². The van der Waals surface area contributed by atoms with Crippen LogP contribution < -0.4 is 5.32 Å². The van der Waals surface area contributed by atoms with E-state index in [9.17, 15) is 4.79 Å². The van der Waals surface area contributed by atoms with Crippen LogP contribution in [0.15, 0.2) is 0 Å². The van der Waals surface area contributed by atoms with Crippen LogP contribution in [-0.4, -0.2) is 35.2 Å². The molecule has 0 aromatic carbocycles. The van der Waals surface area contributed by atoms with Crippen LogP contribution in [0.4, 0.5) is 0 Å². The van der Waals surface area contributed by atoms with E-state index < -0.39 is 0 Å². The molecule has 0 aromatic heterocycles. The molecule has 0 radical (unpaired) electrons. The molecule has 0 bridgehead atoms. The van der Waals surface area contributed by atoms with Gasteiger partial charge in [-0.3, -0.25) is 4.79 Å². The number of hydrogen-bond acceptors (Lipinski definition) is 3. The van der Waals surface area contributed by atoms with E-state index >= 15 is 0 Å². The Morgan fingerprint density at radius 3 is 2.40 bits per heavy atom. The van der Waals surface area contributed by atoms with Crippen LogP contribution in [0.25, 0.3) is 0 Å². The van der Waals surface area contributed by atoms with Gasteiger partial charge >= 0.3 is 0 Å². The fourth-order valence-electron chi connectivity index (χ4n) is 1.45. The minimum atomic E-state index is 0.0457. The Labute approximate surface area is 97.0 Å². The number of aliphatic hydroxyl groups excluding tert-OH is 1. The summed E-state index contributed by atoms with van der Waals surface area (Å²) in [6.45, 7) is 5.12. The smallest absolute Gasteiger partial charge is 0.220 e. The monoisotopic (exact) mass is 233 g/mol. The summed E-state index contributed by atoms with van der Waals surface area (Å²) in [5.41, 5.74) is 0. The molecule has 0 heterocycles. The fraction of sp³-hybridized carbons (Fsp3) is 0.909. The molecule has 1 amide bonds. The van der Waals surface area contributed by atoms with Crippen molar-refractivity contribution < 1.29 is 9.90 Å². The van der Waals surface area contributed by atoms with Crippen molar-refractivity contribution in [2.45, 2.75) is 44.3 Å². The number of hydrogen-bond donors (Lipinski definition) is 2. The number of rotatable bonds is 8. The molecular formula is C11H23NO2S. The first-order valence-corrected chi connectivity index (χ1v) is 6.79. The molecule has 15 heavy (non-hydrogen) atoms. The van der Waals surface area contributed by atoms with Gasteiger partial charge in [0.25, 0.3) is 0 Å². The zero-order chi connectivity index (χ0) is 11.7. The molecule has 0 aliphatic rings. The van der Waals surface area contributed by atoms with Gasteiger partial charge in [-0.25, -0.2) is 0 Å². The second-order valence-corrected chi connectivity index (χ2v) is 4.97. The van der Waals surface area contributed by atoms with Gasteiger partial charge in [0.1, 0.15) is 0 Å². The number of nitrogens with one attached hydrogen (secondary N) is 1. The van der Waals surface area contributed by atoms with Crippen molar-refractivity contribution in [3.8, 4) is 0 Å². The summed E-state index contributed by atoms with van der Waals surface area (Å²) in [7, 11) is 0. The molecular weight excluding hydrogens is 210 g/mol. The second-order valence-electron chi connectivity index (χ2n) is 3.70. The molecule has 4 heteroatoms. The minimum absolute atomic E-state index is 0.0457. The Morgan fingerprint density at radius 2 is 2.00 bits per heavy atom. The first-order chi connectivity index (χ1) is 7.14. The highest BCUT2D eigenvalue weighted by Crippen LogP contribution is 2.29. The van der Waals surface area contributed by atoms with Crippen molar-refractivity contribution in [1.82, 2.24) is 5.32 Å². The number of carbonyl (C=O) groups excluding carboxylic acids is 1. The third-order valence-corrected chi connectivity index (χ3v) is 4.48. The summed E-state index contributed by atoms with van der Waals surface area (Å²) < 4.78 is 0.175. The lowest BCUT2D eigenvalue weighted by Crippen LogP contribution is -2.39. The van der Waals surface area contributed by atoms with E-state index in [1.54, 1.807) is 0 Å². The molecule has 2 N–H and O–H groups in total. The van der Waals surface area contributed by atoms with Gasteiger partial charge in [0.15, 0.2) is 0 Å². The topological polar surface area (TPSA) is 49.3 Å². The van der Waals surface area contributed by atoms with Crippen LogP contribution in [0.1, 0.15) is 39.5 Å². The lowest BCUT2D eigenvalue weighted by molar-refractivity contribution is -0.121. The Balaban J connectivity index is 3.93. The zero-order valence-corrected chi connectivity index (χ0v) is 10.8. The largest absolute Gasteiger partial charge is 0.396 e. The average Bonchev–Trinajstić information content (AvgIpc) is 2.29. The van der Waals surface area contributed by atoms with Gasteiger partial charge in [0, 0.05) is 24.3 Å². The number of aliphatic hydroxyl groups is 1. The van der Waals surface area contributed by atoms with Crippen molar-refractivity contribution in [2.75, 3.05) is 19.4 Å². The van der Waals surface area contributed by atoms with Gasteiger partial charge in [-0.05, 0) is 25.5 Å². The van der Waals surface area contributed by atoms with Gasteiger partial charge in [-0.15, -0.1) is 0 Å². The lowest BCUT2D eigenvalue weighted by atomic mass is 10.0. The van der Waals surface area contributed by atoms with Crippen molar-refractivity contribution >= 4 is 17.7 Å². The molecule has 3 nitrogen and oxygen atoms in total. The highest BCUT2D eigenvalue weighted by atomic mass is 32.2. The molecule has 0 aliphatic heterocycles. The fourth-order valence-corrected chi connectivity index (χ4v) is 2.24. The molecule has 0 unspecified atom stereocenters. The van der Waals surface area contributed by atoms with Crippen LogP contribution in [0.5, 0.6) is 0 Å². The van der Waals surface area contributed by atoms with Crippen molar-refractivity contribution in [3.63, 3.8) is 0 Å². The highest BCUT2D eigenvalue weighted by Gasteiger charge is 2.25. The number of thioether (sulfide) groups is 1. The maximum atomic E-state index is 11.4. The molecule has 0 atom stereocenters. The summed E-state index contributed by atoms with van der Waals surface area (Å²) >= 11 is 1.82. The molecule has 0 saturated heterocycles. The van der Waals surface area contributed by atoms with Crippen molar-refractivity contribution in [2.24, 2.45) is 0 Å². The summed E-state index contributed by atoms with van der Waals surface area (Å²) in [6, 6.07) is 0. The van der Waals surface area contributed by atoms with Crippen LogP contribution >= 0.6 is 11.8 Å². The predicted octanol–water partition coefficient (Wildman–Crippen LogP) is 1.80. The number of carbonyl (C=O) groups is 1. The summed E-state index contributed by atoms with van der Waals surface area (Å²) in [5.74, 6) is 0.0457. The predicted molar refractivity (Wildman–Crippen MR) is 66.2 cm³/mol. The standard InChI is InChI=1S/C11H23NO2S/c1-4-11(5-2,15-3)9-12-10(14)7-6-8-13/h13H,4-9H2,1-3H3,(H,12,14). The summed E-state index contributed by atoms with van der Waals surface area (Å²) in [6.07, 6.45) is 5.19. The lowest BCUT2D eigenvalue weighted by Gasteiger charge is -2.29. The molecule has 90 valence electrons. The van der Waals surface area contributed by atoms with Gasteiger partial charge < -0.3 is 10.4 Å². The Hall–Kier alpha value is -0.220. The Bertz CT molecular complexity index is 173. The van der Waals surface area contributed by atoms with Crippen molar-refractivity contribution in [1.29, 1.82) is 0 Å². The van der Waals surface area contributed by atoms with Crippen LogP contribution in [0.3, 0.4) is 0 Å². The quantitative estimate of drug-likeness (QED) is 0.672. The first kappa shape index (κ1) is 14.8. The third-order valence-electron chi connectivity index (χ3n) is 2.89.